The molecular weight excluding hydrogens is 383 g/mol. The van der Waals surface area contributed by atoms with Gasteiger partial charge in [-0.1, -0.05) is 30.7 Å². The first-order valence-electron chi connectivity index (χ1n) is 7.88. The van der Waals surface area contributed by atoms with Crippen molar-refractivity contribution in [2.45, 2.75) is 19.5 Å². The summed E-state index contributed by atoms with van der Waals surface area (Å²) >= 11 is 6.07. The van der Waals surface area contributed by atoms with E-state index in [2.05, 4.69) is 10.1 Å². The van der Waals surface area contributed by atoms with Crippen LogP contribution in [0.15, 0.2) is 53.6 Å². The fourth-order valence-electron chi connectivity index (χ4n) is 2.29. The normalized spacial score (nSPS) is 11.4. The number of benzene rings is 1. The van der Waals surface area contributed by atoms with Crippen molar-refractivity contribution in [2.75, 3.05) is 0 Å². The number of hydrogen-bond donors (Lipinski definition) is 0. The molecule has 3 rings (SSSR count). The number of pyridine rings is 1. The molecule has 1 aromatic carbocycles. The maximum absolute atomic E-state index is 12.6. The third-order valence-electron chi connectivity index (χ3n) is 3.71. The Hall–Kier alpha value is -2.87. The van der Waals surface area contributed by atoms with E-state index in [1.807, 2.05) is 19.1 Å². The molecule has 9 heteroatoms. The zero-order chi connectivity index (χ0) is 19.6. The third-order valence-corrected chi connectivity index (χ3v) is 4.06. The lowest BCUT2D eigenvalue weighted by molar-refractivity contribution is -0.137. The summed E-state index contributed by atoms with van der Waals surface area (Å²) in [5.74, 6) is 0.440. The molecule has 0 radical (unpaired) electrons. The molecule has 0 spiro atoms. The minimum absolute atomic E-state index is 0.0399. The van der Waals surface area contributed by atoms with Crippen LogP contribution in [0.3, 0.4) is 0 Å². The van der Waals surface area contributed by atoms with E-state index in [-0.39, 0.29) is 16.6 Å². The molecule has 0 unspecified atom stereocenters. The summed E-state index contributed by atoms with van der Waals surface area (Å²) in [6, 6.07) is 9.10. The molecule has 5 nitrogen and oxygen atoms in total. The molecule has 2 aromatic heterocycles. The zero-order valence-electron chi connectivity index (χ0n) is 14.0. The highest BCUT2D eigenvalue weighted by molar-refractivity contribution is 6.31. The molecule has 2 heterocycles. The van der Waals surface area contributed by atoms with Gasteiger partial charge in [-0.3, -0.25) is 4.79 Å². The Labute approximate surface area is 157 Å². The Morgan fingerprint density at radius 1 is 1.19 bits per heavy atom. The van der Waals surface area contributed by atoms with Gasteiger partial charge in [0.2, 0.25) is 0 Å². The highest BCUT2D eigenvalue weighted by Crippen LogP contribution is 2.29. The highest BCUT2D eigenvalue weighted by atomic mass is 35.5. The van der Waals surface area contributed by atoms with Crippen LogP contribution in [0.25, 0.3) is 5.82 Å². The van der Waals surface area contributed by atoms with Crippen molar-refractivity contribution < 1.29 is 17.9 Å². The molecule has 27 heavy (non-hydrogen) atoms. The number of nitrogens with zero attached hydrogens (tertiary/aromatic N) is 3. The van der Waals surface area contributed by atoms with Gasteiger partial charge in [-0.25, -0.2) is 4.98 Å². The van der Waals surface area contributed by atoms with Crippen molar-refractivity contribution in [2.24, 2.45) is 0 Å². The van der Waals surface area contributed by atoms with Gasteiger partial charge in [-0.05, 0) is 36.2 Å². The van der Waals surface area contributed by atoms with Crippen LogP contribution in [-0.4, -0.2) is 14.8 Å². The number of ether oxygens (including phenoxy) is 1. The van der Waals surface area contributed by atoms with Crippen LogP contribution in [0, 0.1) is 0 Å². The summed E-state index contributed by atoms with van der Waals surface area (Å²) in [5, 5.41) is 3.63. The number of alkyl halides is 3. The summed E-state index contributed by atoms with van der Waals surface area (Å²) in [5.41, 5.74) is -0.645. The summed E-state index contributed by atoms with van der Waals surface area (Å²) in [6.07, 6.45) is -1.88. The fourth-order valence-corrected chi connectivity index (χ4v) is 2.45. The van der Waals surface area contributed by atoms with Crippen LogP contribution >= 0.6 is 11.6 Å². The Morgan fingerprint density at radius 2 is 1.96 bits per heavy atom. The van der Waals surface area contributed by atoms with E-state index in [4.69, 9.17) is 16.3 Å². The molecule has 0 fully saturated rings. The Balaban J connectivity index is 1.92. The van der Waals surface area contributed by atoms with Gasteiger partial charge < -0.3 is 4.74 Å². The van der Waals surface area contributed by atoms with Gasteiger partial charge in [0.15, 0.2) is 16.6 Å². The molecule has 0 saturated carbocycles. The van der Waals surface area contributed by atoms with Crippen molar-refractivity contribution in [3.63, 3.8) is 0 Å². The molecule has 0 atom stereocenters. The van der Waals surface area contributed by atoms with Gasteiger partial charge in [0.05, 0.1) is 11.8 Å². The number of aryl methyl sites for hydroxylation is 1. The average Bonchev–Trinajstić information content (AvgIpc) is 2.65. The minimum atomic E-state index is -4.52. The number of halogens is 4. The van der Waals surface area contributed by atoms with Crippen molar-refractivity contribution in [3.05, 3.63) is 75.3 Å². The van der Waals surface area contributed by atoms with Crippen molar-refractivity contribution in [1.82, 2.24) is 14.8 Å². The quantitative estimate of drug-likeness (QED) is 0.645. The molecule has 0 aliphatic rings. The summed E-state index contributed by atoms with van der Waals surface area (Å²) in [4.78, 5) is 16.0. The Morgan fingerprint density at radius 3 is 2.59 bits per heavy atom. The highest BCUT2D eigenvalue weighted by Gasteiger charge is 2.30. The van der Waals surface area contributed by atoms with E-state index in [0.717, 1.165) is 28.8 Å². The van der Waals surface area contributed by atoms with E-state index < -0.39 is 17.3 Å². The Bertz CT molecular complexity index is 1020. The second kappa shape index (κ2) is 7.40. The van der Waals surface area contributed by atoms with Gasteiger partial charge in [0, 0.05) is 6.20 Å². The molecule has 140 valence electrons. The molecule has 3 aromatic rings. The van der Waals surface area contributed by atoms with Crippen molar-refractivity contribution >= 4 is 11.6 Å². The fraction of sp³-hybridized carbons (Fsp3) is 0.167. The van der Waals surface area contributed by atoms with Crippen LogP contribution in [0.4, 0.5) is 13.2 Å². The minimum Gasteiger partial charge on any atom is -0.454 e. The van der Waals surface area contributed by atoms with E-state index in [9.17, 15) is 18.0 Å². The maximum Gasteiger partial charge on any atom is 0.417 e. The predicted octanol–water partition coefficient (Wildman–Crippen LogP) is 4.65. The van der Waals surface area contributed by atoms with Crippen LogP contribution in [-0.2, 0) is 12.6 Å². The van der Waals surface area contributed by atoms with Gasteiger partial charge in [0.25, 0.3) is 5.56 Å². The lowest BCUT2D eigenvalue weighted by Crippen LogP contribution is -2.23. The lowest BCUT2D eigenvalue weighted by Gasteiger charge is -2.11. The SMILES string of the molecule is CCc1cccc(Oc2cnn(-c3ccc(C(F)(F)F)cn3)c(=O)c2Cl)c1. The number of rotatable bonds is 4. The summed E-state index contributed by atoms with van der Waals surface area (Å²) < 4.78 is 44.3. The van der Waals surface area contributed by atoms with E-state index >= 15 is 0 Å². The monoisotopic (exact) mass is 395 g/mol. The van der Waals surface area contributed by atoms with Crippen LogP contribution in [0.2, 0.25) is 5.02 Å². The second-order valence-corrected chi connectivity index (χ2v) is 5.92. The summed E-state index contributed by atoms with van der Waals surface area (Å²) in [7, 11) is 0. The smallest absolute Gasteiger partial charge is 0.417 e. The van der Waals surface area contributed by atoms with Crippen LogP contribution in [0.5, 0.6) is 11.5 Å². The molecule has 0 amide bonds. The van der Waals surface area contributed by atoms with Crippen LogP contribution < -0.4 is 10.3 Å². The van der Waals surface area contributed by atoms with Crippen molar-refractivity contribution in [1.29, 1.82) is 0 Å². The van der Waals surface area contributed by atoms with Gasteiger partial charge in [-0.2, -0.15) is 23.0 Å². The first-order valence-corrected chi connectivity index (χ1v) is 8.25. The lowest BCUT2D eigenvalue weighted by atomic mass is 10.2. The molecule has 0 saturated heterocycles. The molecule has 0 aliphatic heterocycles. The van der Waals surface area contributed by atoms with E-state index in [1.54, 1.807) is 12.1 Å². The first kappa shape index (κ1) is 18.9. The largest absolute Gasteiger partial charge is 0.454 e. The topological polar surface area (TPSA) is 57.0 Å². The average molecular weight is 396 g/mol. The molecule has 0 N–H and O–H groups in total. The standard InChI is InChI=1S/C18H13ClF3N3O2/c1-2-11-4-3-5-13(8-11)27-14-10-24-25(17(26)16(14)19)15-7-6-12(9-23-15)18(20,21)22/h3-10H,2H2,1H3. The Kier molecular flexibility index (Phi) is 5.18. The third kappa shape index (κ3) is 4.11. The van der Waals surface area contributed by atoms with Crippen LogP contribution in [0.1, 0.15) is 18.1 Å². The van der Waals surface area contributed by atoms with E-state index in [0.29, 0.717) is 11.9 Å². The molecule has 0 bridgehead atoms. The number of hydrogen-bond acceptors (Lipinski definition) is 4. The van der Waals surface area contributed by atoms with E-state index in [1.165, 1.54) is 6.20 Å². The summed E-state index contributed by atoms with van der Waals surface area (Å²) in [6.45, 7) is 1.99. The van der Waals surface area contributed by atoms with Gasteiger partial charge in [0.1, 0.15) is 5.75 Å². The molecular formula is C18H13ClF3N3O2. The second-order valence-electron chi connectivity index (χ2n) is 5.55. The number of aromatic nitrogens is 3. The molecule has 0 aliphatic carbocycles. The zero-order valence-corrected chi connectivity index (χ0v) is 14.8. The van der Waals surface area contributed by atoms with Gasteiger partial charge >= 0.3 is 6.18 Å². The van der Waals surface area contributed by atoms with Gasteiger partial charge in [-0.15, -0.1) is 0 Å². The predicted molar refractivity (Wildman–Crippen MR) is 93.5 cm³/mol. The maximum atomic E-state index is 12.6. The van der Waals surface area contributed by atoms with Crippen molar-refractivity contribution in [3.8, 4) is 17.3 Å². The first-order chi connectivity index (χ1) is 12.8.